The number of hydrogen-bond acceptors (Lipinski definition) is 3. The SMILES string of the molecule is Cc1ccc(OOP(=O)(O)O)cc1. The molecule has 0 aliphatic carbocycles. The van der Waals surface area contributed by atoms with Crippen LogP contribution in [0.2, 0.25) is 0 Å². The maximum absolute atomic E-state index is 10.2. The Labute approximate surface area is 75.1 Å². The normalized spacial score (nSPS) is 11.3. The minimum Gasteiger partial charge on any atom is -0.327 e. The van der Waals surface area contributed by atoms with Crippen LogP contribution in [0.25, 0.3) is 0 Å². The van der Waals surface area contributed by atoms with E-state index in [2.05, 4.69) is 9.56 Å². The second kappa shape index (κ2) is 3.89. The molecule has 2 N–H and O–H groups in total. The van der Waals surface area contributed by atoms with E-state index in [0.29, 0.717) is 0 Å². The molecule has 0 atom stereocenters. The van der Waals surface area contributed by atoms with Crippen molar-refractivity contribution in [3.63, 3.8) is 0 Å². The first-order valence-electron chi connectivity index (χ1n) is 3.46. The van der Waals surface area contributed by atoms with Gasteiger partial charge in [0.25, 0.3) is 0 Å². The van der Waals surface area contributed by atoms with Crippen LogP contribution in [0.4, 0.5) is 0 Å². The Morgan fingerprint density at radius 3 is 2.23 bits per heavy atom. The van der Waals surface area contributed by atoms with Crippen LogP contribution in [0, 0.1) is 6.92 Å². The smallest absolute Gasteiger partial charge is 0.327 e. The van der Waals surface area contributed by atoms with Gasteiger partial charge in [-0.2, -0.15) is 0 Å². The summed E-state index contributed by atoms with van der Waals surface area (Å²) in [4.78, 5) is 21.0. The molecule has 1 aromatic carbocycles. The summed E-state index contributed by atoms with van der Waals surface area (Å²) in [7, 11) is -4.57. The van der Waals surface area contributed by atoms with E-state index < -0.39 is 7.82 Å². The summed E-state index contributed by atoms with van der Waals surface area (Å²) in [6.07, 6.45) is 0. The van der Waals surface area contributed by atoms with Crippen LogP contribution in [0.5, 0.6) is 5.75 Å². The second-order valence-electron chi connectivity index (χ2n) is 2.46. The van der Waals surface area contributed by atoms with Crippen LogP contribution in [0.3, 0.4) is 0 Å². The molecule has 1 rings (SSSR count). The zero-order chi connectivity index (χ0) is 9.90. The molecule has 5 nitrogen and oxygen atoms in total. The molecule has 0 fully saturated rings. The van der Waals surface area contributed by atoms with Gasteiger partial charge in [-0.3, -0.25) is 0 Å². The van der Waals surface area contributed by atoms with Gasteiger partial charge in [0.05, 0.1) is 0 Å². The van der Waals surface area contributed by atoms with Gasteiger partial charge in [-0.1, -0.05) is 22.4 Å². The summed E-state index contributed by atoms with van der Waals surface area (Å²) >= 11 is 0. The molecule has 0 amide bonds. The van der Waals surface area contributed by atoms with Crippen LogP contribution in [-0.4, -0.2) is 9.79 Å². The molecule has 1 aromatic rings. The van der Waals surface area contributed by atoms with E-state index in [9.17, 15) is 4.57 Å². The predicted molar refractivity (Wildman–Crippen MR) is 44.9 cm³/mol. The van der Waals surface area contributed by atoms with Crippen LogP contribution in [0.1, 0.15) is 5.56 Å². The molecule has 0 aliphatic heterocycles. The van der Waals surface area contributed by atoms with Gasteiger partial charge in [-0.15, -0.1) is 0 Å². The van der Waals surface area contributed by atoms with E-state index in [1.807, 2.05) is 6.92 Å². The van der Waals surface area contributed by atoms with Gasteiger partial charge in [0, 0.05) is 0 Å². The number of hydrogen-bond donors (Lipinski definition) is 2. The van der Waals surface area contributed by atoms with Crippen molar-refractivity contribution in [3.8, 4) is 5.75 Å². The number of rotatable bonds is 3. The molecule has 72 valence electrons. The second-order valence-corrected chi connectivity index (χ2v) is 3.59. The topological polar surface area (TPSA) is 76.0 Å². The highest BCUT2D eigenvalue weighted by Crippen LogP contribution is 2.36. The van der Waals surface area contributed by atoms with Gasteiger partial charge in [0.15, 0.2) is 5.75 Å². The van der Waals surface area contributed by atoms with Crippen molar-refractivity contribution in [2.45, 2.75) is 6.92 Å². The average molecular weight is 204 g/mol. The lowest BCUT2D eigenvalue weighted by Gasteiger charge is -2.04. The molecule has 0 aliphatic rings. The maximum atomic E-state index is 10.2. The van der Waals surface area contributed by atoms with Crippen LogP contribution < -0.4 is 4.89 Å². The molecule has 0 saturated heterocycles. The van der Waals surface area contributed by atoms with Crippen LogP contribution >= 0.6 is 7.82 Å². The minimum absolute atomic E-state index is 0.244. The summed E-state index contributed by atoms with van der Waals surface area (Å²) in [5.41, 5.74) is 1.02. The van der Waals surface area contributed by atoms with Crippen LogP contribution in [0.15, 0.2) is 24.3 Å². The molecular formula is C7H9O5P. The highest BCUT2D eigenvalue weighted by Gasteiger charge is 2.15. The van der Waals surface area contributed by atoms with E-state index in [-0.39, 0.29) is 5.75 Å². The van der Waals surface area contributed by atoms with Gasteiger partial charge in [-0.05, 0) is 19.1 Å². The lowest BCUT2D eigenvalue weighted by atomic mass is 10.2. The fourth-order valence-corrected chi connectivity index (χ4v) is 0.869. The van der Waals surface area contributed by atoms with E-state index in [1.54, 1.807) is 24.3 Å². The molecule has 0 saturated carbocycles. The molecule has 13 heavy (non-hydrogen) atoms. The molecule has 0 bridgehead atoms. The first kappa shape index (κ1) is 10.2. The first-order valence-corrected chi connectivity index (χ1v) is 4.99. The number of benzene rings is 1. The largest absolute Gasteiger partial charge is 0.505 e. The zero-order valence-electron chi connectivity index (χ0n) is 6.88. The fraction of sp³-hybridized carbons (Fsp3) is 0.143. The standard InChI is InChI=1S/C7H9O5P/c1-6-2-4-7(5-3-6)11-12-13(8,9)10/h2-5H,1H3,(H2,8,9,10). The molecule has 0 heterocycles. The summed E-state index contributed by atoms with van der Waals surface area (Å²) in [6, 6.07) is 6.56. The van der Waals surface area contributed by atoms with Crippen LogP contribution in [-0.2, 0) is 9.24 Å². The van der Waals surface area contributed by atoms with E-state index >= 15 is 0 Å². The van der Waals surface area contributed by atoms with Crippen molar-refractivity contribution in [3.05, 3.63) is 29.8 Å². The van der Waals surface area contributed by atoms with Gasteiger partial charge < -0.3 is 14.7 Å². The highest BCUT2D eigenvalue weighted by atomic mass is 31.2. The molecule has 0 aromatic heterocycles. The monoisotopic (exact) mass is 204 g/mol. The lowest BCUT2D eigenvalue weighted by molar-refractivity contribution is -0.122. The molecular weight excluding hydrogens is 195 g/mol. The van der Waals surface area contributed by atoms with Crippen molar-refractivity contribution >= 4 is 7.82 Å². The predicted octanol–water partition coefficient (Wildman–Crippen LogP) is 1.40. The highest BCUT2D eigenvalue weighted by molar-refractivity contribution is 7.46. The van der Waals surface area contributed by atoms with Crippen molar-refractivity contribution in [2.75, 3.05) is 0 Å². The quantitative estimate of drug-likeness (QED) is 0.442. The van der Waals surface area contributed by atoms with E-state index in [4.69, 9.17) is 9.79 Å². The Balaban J connectivity index is 2.56. The van der Waals surface area contributed by atoms with Crippen molar-refractivity contribution < 1.29 is 23.9 Å². The average Bonchev–Trinajstić information content (AvgIpc) is 2.02. The summed E-state index contributed by atoms with van der Waals surface area (Å²) < 4.78 is 14.0. The zero-order valence-corrected chi connectivity index (χ0v) is 7.77. The third-order valence-corrected chi connectivity index (χ3v) is 1.52. The first-order chi connectivity index (χ1) is 5.97. The minimum atomic E-state index is -4.57. The Morgan fingerprint density at radius 2 is 1.77 bits per heavy atom. The molecule has 6 heteroatoms. The van der Waals surface area contributed by atoms with Gasteiger partial charge in [-0.25, -0.2) is 4.57 Å². The Hall–Kier alpha value is -0.870. The van der Waals surface area contributed by atoms with Crippen molar-refractivity contribution in [1.82, 2.24) is 0 Å². The Morgan fingerprint density at radius 1 is 1.23 bits per heavy atom. The van der Waals surface area contributed by atoms with Gasteiger partial charge in [0.2, 0.25) is 0 Å². The Bertz CT molecular complexity index is 314. The molecule has 0 unspecified atom stereocenters. The van der Waals surface area contributed by atoms with E-state index in [1.165, 1.54) is 0 Å². The van der Waals surface area contributed by atoms with Gasteiger partial charge in [0.1, 0.15) is 0 Å². The summed E-state index contributed by atoms with van der Waals surface area (Å²) in [6.45, 7) is 1.88. The third-order valence-electron chi connectivity index (χ3n) is 1.25. The fourth-order valence-electron chi connectivity index (χ4n) is 0.685. The molecule has 0 radical (unpaired) electrons. The van der Waals surface area contributed by atoms with Crippen molar-refractivity contribution in [1.29, 1.82) is 0 Å². The van der Waals surface area contributed by atoms with Crippen molar-refractivity contribution in [2.24, 2.45) is 0 Å². The maximum Gasteiger partial charge on any atom is 0.505 e. The summed E-state index contributed by atoms with van der Waals surface area (Å²) in [5, 5.41) is 0. The lowest BCUT2D eigenvalue weighted by Crippen LogP contribution is -1.94. The number of phosphoric acid groups is 1. The number of aryl methyl sites for hydroxylation is 1. The van der Waals surface area contributed by atoms with Gasteiger partial charge >= 0.3 is 7.82 Å². The molecule has 0 spiro atoms. The third kappa shape index (κ3) is 4.05. The van der Waals surface area contributed by atoms with E-state index in [0.717, 1.165) is 5.56 Å². The Kier molecular flexibility index (Phi) is 3.06. The summed E-state index contributed by atoms with van der Waals surface area (Å²) in [5.74, 6) is 0.244.